The molecule has 0 radical (unpaired) electrons. The highest BCUT2D eigenvalue weighted by Gasteiger charge is 2.19. The van der Waals surface area contributed by atoms with Crippen molar-refractivity contribution in [2.45, 2.75) is 0 Å². The molecule has 52 heavy (non-hydrogen) atoms. The summed E-state index contributed by atoms with van der Waals surface area (Å²) in [6.07, 6.45) is 0. The standard InChI is InChI=1S/C47H31N3OS/c1-51-36-25-22-30(23-26-36)32-24-27-40-39(29-32)43-37(19-11-20-41(43)50(40)35-16-6-3-7-17-35)33-14-10-15-34(28-33)47-48-44(31-12-4-2-5-13-31)46-45(49-47)38-18-8-9-21-42(38)52-46/h2-29H,1H3. The van der Waals surface area contributed by atoms with Gasteiger partial charge < -0.3 is 9.30 Å². The highest BCUT2D eigenvalue weighted by Crippen LogP contribution is 2.42. The van der Waals surface area contributed by atoms with Crippen molar-refractivity contribution in [1.82, 2.24) is 14.5 Å². The van der Waals surface area contributed by atoms with Gasteiger partial charge in [0.05, 0.1) is 34.1 Å². The first kappa shape index (κ1) is 30.3. The molecule has 246 valence electrons. The Balaban J connectivity index is 1.20. The van der Waals surface area contributed by atoms with E-state index in [1.54, 1.807) is 18.4 Å². The Hall–Kier alpha value is -6.56. The van der Waals surface area contributed by atoms with Gasteiger partial charge in [-0.1, -0.05) is 115 Å². The highest BCUT2D eigenvalue weighted by molar-refractivity contribution is 7.26. The van der Waals surface area contributed by atoms with Crippen molar-refractivity contribution in [3.63, 3.8) is 0 Å². The largest absolute Gasteiger partial charge is 0.497 e. The van der Waals surface area contributed by atoms with E-state index in [1.807, 2.05) is 18.2 Å². The molecule has 10 aromatic rings. The lowest BCUT2D eigenvalue weighted by Crippen LogP contribution is -1.94. The molecule has 0 fully saturated rings. The van der Waals surface area contributed by atoms with Gasteiger partial charge in [-0.05, 0) is 76.9 Å². The summed E-state index contributed by atoms with van der Waals surface area (Å²) < 4.78 is 10.1. The van der Waals surface area contributed by atoms with E-state index in [0.717, 1.165) is 83.0 Å². The minimum absolute atomic E-state index is 0.720. The summed E-state index contributed by atoms with van der Waals surface area (Å²) in [5, 5.41) is 3.56. The third kappa shape index (κ3) is 4.97. The van der Waals surface area contributed by atoms with Crippen molar-refractivity contribution in [3.8, 4) is 56.3 Å². The zero-order valence-electron chi connectivity index (χ0n) is 28.3. The lowest BCUT2D eigenvalue weighted by atomic mass is 9.96. The van der Waals surface area contributed by atoms with Crippen LogP contribution in [0.1, 0.15) is 0 Å². The van der Waals surface area contributed by atoms with Crippen LogP contribution in [-0.4, -0.2) is 21.6 Å². The number of aromatic nitrogens is 3. The number of benzene rings is 7. The first-order valence-electron chi connectivity index (χ1n) is 17.4. The van der Waals surface area contributed by atoms with Crippen LogP contribution in [0.3, 0.4) is 0 Å². The summed E-state index contributed by atoms with van der Waals surface area (Å²) in [6, 6.07) is 60.0. The molecule has 0 unspecified atom stereocenters. The Kier molecular flexibility index (Phi) is 7.18. The molecule has 0 aliphatic heterocycles. The summed E-state index contributed by atoms with van der Waals surface area (Å²) in [6.45, 7) is 0. The van der Waals surface area contributed by atoms with E-state index in [4.69, 9.17) is 14.7 Å². The fourth-order valence-electron chi connectivity index (χ4n) is 7.47. The average Bonchev–Trinajstić information content (AvgIpc) is 3.77. The van der Waals surface area contributed by atoms with Gasteiger partial charge in [0.25, 0.3) is 0 Å². The monoisotopic (exact) mass is 685 g/mol. The zero-order chi connectivity index (χ0) is 34.6. The van der Waals surface area contributed by atoms with E-state index in [9.17, 15) is 0 Å². The quantitative estimate of drug-likeness (QED) is 0.175. The second-order valence-electron chi connectivity index (χ2n) is 12.9. The molecule has 0 aliphatic rings. The van der Waals surface area contributed by atoms with Crippen molar-refractivity contribution >= 4 is 53.4 Å². The van der Waals surface area contributed by atoms with Crippen LogP contribution in [0.4, 0.5) is 0 Å². The van der Waals surface area contributed by atoms with Crippen LogP contribution in [0.15, 0.2) is 170 Å². The van der Waals surface area contributed by atoms with Gasteiger partial charge in [0.1, 0.15) is 5.75 Å². The molecule has 0 spiro atoms. The number of hydrogen-bond acceptors (Lipinski definition) is 4. The van der Waals surface area contributed by atoms with Gasteiger partial charge in [-0.2, -0.15) is 0 Å². The average molecular weight is 686 g/mol. The molecule has 0 bridgehead atoms. The lowest BCUT2D eigenvalue weighted by Gasteiger charge is -2.10. The van der Waals surface area contributed by atoms with Gasteiger partial charge in [0.15, 0.2) is 5.82 Å². The van der Waals surface area contributed by atoms with Crippen molar-refractivity contribution in [2.75, 3.05) is 7.11 Å². The number of thiophene rings is 1. The molecule has 0 saturated heterocycles. The molecule has 10 rings (SSSR count). The Labute approximate surface area is 304 Å². The maximum atomic E-state index is 5.44. The van der Waals surface area contributed by atoms with E-state index in [2.05, 4.69) is 156 Å². The predicted molar refractivity (Wildman–Crippen MR) is 218 cm³/mol. The predicted octanol–water partition coefficient (Wildman–Crippen LogP) is 12.6. The van der Waals surface area contributed by atoms with Crippen LogP contribution in [0.2, 0.25) is 0 Å². The zero-order valence-corrected chi connectivity index (χ0v) is 29.1. The minimum Gasteiger partial charge on any atom is -0.497 e. The number of nitrogens with zero attached hydrogens (tertiary/aromatic N) is 3. The van der Waals surface area contributed by atoms with Crippen molar-refractivity contribution in [1.29, 1.82) is 0 Å². The molecule has 4 nitrogen and oxygen atoms in total. The number of rotatable bonds is 6. The van der Waals surface area contributed by atoms with Gasteiger partial charge >= 0.3 is 0 Å². The van der Waals surface area contributed by atoms with Gasteiger partial charge in [-0.3, -0.25) is 0 Å². The Morgan fingerprint density at radius 2 is 1.23 bits per heavy atom. The molecule has 0 N–H and O–H groups in total. The summed E-state index contributed by atoms with van der Waals surface area (Å²) in [5.74, 6) is 1.57. The molecule has 0 amide bonds. The maximum Gasteiger partial charge on any atom is 0.160 e. The molecule has 0 aliphatic carbocycles. The van der Waals surface area contributed by atoms with Crippen molar-refractivity contribution in [3.05, 3.63) is 170 Å². The van der Waals surface area contributed by atoms with Crippen molar-refractivity contribution in [2.24, 2.45) is 0 Å². The maximum absolute atomic E-state index is 5.44. The molecular weight excluding hydrogens is 655 g/mol. The Bertz CT molecular complexity index is 2930. The van der Waals surface area contributed by atoms with Crippen LogP contribution < -0.4 is 4.74 Å². The van der Waals surface area contributed by atoms with Gasteiger partial charge in [-0.15, -0.1) is 11.3 Å². The van der Waals surface area contributed by atoms with E-state index < -0.39 is 0 Å². The SMILES string of the molecule is COc1ccc(-c2ccc3c(c2)c2c(-c4cccc(-c5nc(-c6ccccc6)c6sc7ccccc7c6n5)c4)cccc2n3-c2ccccc2)cc1. The number of ether oxygens (including phenoxy) is 1. The molecule has 3 aromatic heterocycles. The summed E-state index contributed by atoms with van der Waals surface area (Å²) in [7, 11) is 1.70. The third-order valence-electron chi connectivity index (χ3n) is 9.93. The summed E-state index contributed by atoms with van der Waals surface area (Å²) in [4.78, 5) is 10.5. The van der Waals surface area contributed by atoms with Crippen LogP contribution in [0, 0.1) is 0 Å². The second kappa shape index (κ2) is 12.3. The fourth-order valence-corrected chi connectivity index (χ4v) is 8.62. The Morgan fingerprint density at radius 3 is 2.06 bits per heavy atom. The van der Waals surface area contributed by atoms with Crippen LogP contribution in [-0.2, 0) is 0 Å². The molecule has 5 heteroatoms. The lowest BCUT2D eigenvalue weighted by molar-refractivity contribution is 0.415. The summed E-state index contributed by atoms with van der Waals surface area (Å²) >= 11 is 1.76. The first-order chi connectivity index (χ1) is 25.7. The van der Waals surface area contributed by atoms with Gasteiger partial charge in [0, 0.05) is 37.7 Å². The van der Waals surface area contributed by atoms with E-state index in [1.165, 1.54) is 15.5 Å². The Morgan fingerprint density at radius 1 is 0.519 bits per heavy atom. The molecule has 7 aromatic carbocycles. The third-order valence-corrected chi connectivity index (χ3v) is 11.1. The van der Waals surface area contributed by atoms with E-state index in [-0.39, 0.29) is 0 Å². The number of methoxy groups -OCH3 is 1. The van der Waals surface area contributed by atoms with Gasteiger partial charge in [-0.25, -0.2) is 9.97 Å². The smallest absolute Gasteiger partial charge is 0.160 e. The van der Waals surface area contributed by atoms with Crippen molar-refractivity contribution < 1.29 is 4.74 Å². The fraction of sp³-hybridized carbons (Fsp3) is 0.0213. The number of hydrogen-bond donors (Lipinski definition) is 0. The molecule has 0 saturated carbocycles. The number of para-hydroxylation sites is 1. The van der Waals surface area contributed by atoms with Crippen LogP contribution in [0.25, 0.3) is 92.7 Å². The summed E-state index contributed by atoms with van der Waals surface area (Å²) in [5.41, 5.74) is 12.1. The van der Waals surface area contributed by atoms with E-state index in [0.29, 0.717) is 0 Å². The minimum atomic E-state index is 0.720. The second-order valence-corrected chi connectivity index (χ2v) is 14.0. The number of fused-ring (bicyclic) bond motifs is 6. The van der Waals surface area contributed by atoms with E-state index >= 15 is 0 Å². The highest BCUT2D eigenvalue weighted by atomic mass is 32.1. The van der Waals surface area contributed by atoms with Crippen LogP contribution >= 0.6 is 11.3 Å². The first-order valence-corrected chi connectivity index (χ1v) is 18.2. The molecule has 3 heterocycles. The molecular formula is C47H31N3OS. The normalized spacial score (nSPS) is 11.6. The van der Waals surface area contributed by atoms with Crippen LogP contribution in [0.5, 0.6) is 5.75 Å². The molecule has 0 atom stereocenters. The topological polar surface area (TPSA) is 39.9 Å². The van der Waals surface area contributed by atoms with Gasteiger partial charge in [0.2, 0.25) is 0 Å².